The second-order valence-corrected chi connectivity index (χ2v) is 5.10. The SMILES string of the molecule is Nc1ccc2c(c1)N(CCCS)C(=O)CS2. The number of nitrogen functional groups attached to an aromatic ring is 1. The number of nitrogens with zero attached hydrogens (tertiary/aromatic N) is 1. The standard InChI is InChI=1S/C11H14N2OS2/c12-8-2-3-10-9(6-8)13(4-1-5-15)11(14)7-16-10/h2-3,6,15H,1,4-5,7,12H2. The second kappa shape index (κ2) is 5.01. The third-order valence-corrected chi connectivity index (χ3v) is 3.83. The minimum Gasteiger partial charge on any atom is -0.399 e. The number of nitrogens with two attached hydrogens (primary N) is 1. The van der Waals surface area contributed by atoms with Crippen LogP contribution in [0.25, 0.3) is 0 Å². The van der Waals surface area contributed by atoms with Crippen LogP contribution in [-0.4, -0.2) is 24.0 Å². The molecule has 1 heterocycles. The van der Waals surface area contributed by atoms with Crippen LogP contribution in [0, 0.1) is 0 Å². The van der Waals surface area contributed by atoms with E-state index < -0.39 is 0 Å². The summed E-state index contributed by atoms with van der Waals surface area (Å²) in [6, 6.07) is 5.73. The Morgan fingerprint density at radius 1 is 1.50 bits per heavy atom. The largest absolute Gasteiger partial charge is 0.399 e. The van der Waals surface area contributed by atoms with Gasteiger partial charge in [0.25, 0.3) is 0 Å². The first-order chi connectivity index (χ1) is 7.72. The maximum absolute atomic E-state index is 11.8. The van der Waals surface area contributed by atoms with Crippen LogP contribution in [0.2, 0.25) is 0 Å². The van der Waals surface area contributed by atoms with Crippen LogP contribution in [0.1, 0.15) is 6.42 Å². The van der Waals surface area contributed by atoms with Crippen molar-refractivity contribution >= 4 is 41.7 Å². The Labute approximate surface area is 105 Å². The second-order valence-electron chi connectivity index (χ2n) is 3.64. The van der Waals surface area contributed by atoms with Crippen molar-refractivity contribution in [2.24, 2.45) is 0 Å². The summed E-state index contributed by atoms with van der Waals surface area (Å²) >= 11 is 5.75. The lowest BCUT2D eigenvalue weighted by molar-refractivity contribution is -0.116. The molecule has 5 heteroatoms. The molecule has 0 saturated carbocycles. The van der Waals surface area contributed by atoms with Crippen molar-refractivity contribution in [3.05, 3.63) is 18.2 Å². The fourth-order valence-corrected chi connectivity index (χ4v) is 2.75. The van der Waals surface area contributed by atoms with Crippen LogP contribution in [0.5, 0.6) is 0 Å². The summed E-state index contributed by atoms with van der Waals surface area (Å²) in [5.41, 5.74) is 7.40. The molecular weight excluding hydrogens is 240 g/mol. The van der Waals surface area contributed by atoms with E-state index in [1.54, 1.807) is 11.8 Å². The molecule has 1 aromatic rings. The number of rotatable bonds is 3. The van der Waals surface area contributed by atoms with E-state index in [4.69, 9.17) is 5.73 Å². The number of carbonyl (C=O) groups excluding carboxylic acids is 1. The van der Waals surface area contributed by atoms with Crippen molar-refractivity contribution in [2.75, 3.05) is 28.7 Å². The van der Waals surface area contributed by atoms with Crippen LogP contribution < -0.4 is 10.6 Å². The summed E-state index contributed by atoms with van der Waals surface area (Å²) in [5, 5.41) is 0. The Morgan fingerprint density at radius 2 is 2.31 bits per heavy atom. The molecule has 2 N–H and O–H groups in total. The Bertz CT molecular complexity index is 409. The maximum Gasteiger partial charge on any atom is 0.237 e. The molecule has 86 valence electrons. The van der Waals surface area contributed by atoms with E-state index in [-0.39, 0.29) is 5.91 Å². The average Bonchev–Trinajstić information content (AvgIpc) is 2.28. The molecule has 1 aliphatic heterocycles. The van der Waals surface area contributed by atoms with Crippen molar-refractivity contribution in [1.29, 1.82) is 0 Å². The summed E-state index contributed by atoms with van der Waals surface area (Å²) in [5.74, 6) is 1.46. The van der Waals surface area contributed by atoms with Crippen LogP contribution in [0.3, 0.4) is 0 Å². The van der Waals surface area contributed by atoms with Gasteiger partial charge in [-0.2, -0.15) is 12.6 Å². The molecule has 16 heavy (non-hydrogen) atoms. The Morgan fingerprint density at radius 3 is 3.06 bits per heavy atom. The van der Waals surface area contributed by atoms with Gasteiger partial charge in [0, 0.05) is 17.1 Å². The number of hydrogen-bond acceptors (Lipinski definition) is 4. The lowest BCUT2D eigenvalue weighted by atomic mass is 10.2. The number of amides is 1. The number of benzene rings is 1. The van der Waals surface area contributed by atoms with Crippen molar-refractivity contribution in [3.63, 3.8) is 0 Å². The molecule has 0 bridgehead atoms. The molecule has 0 saturated heterocycles. The summed E-state index contributed by atoms with van der Waals surface area (Å²) in [7, 11) is 0. The highest BCUT2D eigenvalue weighted by Gasteiger charge is 2.24. The number of anilines is 2. The van der Waals surface area contributed by atoms with Gasteiger partial charge in [0.05, 0.1) is 11.4 Å². The summed E-state index contributed by atoms with van der Waals surface area (Å²) < 4.78 is 0. The average molecular weight is 254 g/mol. The molecule has 3 nitrogen and oxygen atoms in total. The quantitative estimate of drug-likeness (QED) is 0.641. The van der Waals surface area contributed by atoms with Crippen molar-refractivity contribution in [1.82, 2.24) is 0 Å². The van der Waals surface area contributed by atoms with Gasteiger partial charge in [-0.15, -0.1) is 11.8 Å². The maximum atomic E-state index is 11.8. The highest BCUT2D eigenvalue weighted by molar-refractivity contribution is 8.00. The molecule has 1 aromatic carbocycles. The van der Waals surface area contributed by atoms with Gasteiger partial charge in [0.15, 0.2) is 0 Å². The van der Waals surface area contributed by atoms with Gasteiger partial charge in [-0.1, -0.05) is 0 Å². The van der Waals surface area contributed by atoms with E-state index in [1.807, 2.05) is 23.1 Å². The Kier molecular flexibility index (Phi) is 3.66. The monoisotopic (exact) mass is 254 g/mol. The van der Waals surface area contributed by atoms with Gasteiger partial charge < -0.3 is 10.6 Å². The van der Waals surface area contributed by atoms with Gasteiger partial charge in [-0.25, -0.2) is 0 Å². The molecule has 0 unspecified atom stereocenters. The fourth-order valence-electron chi connectivity index (χ4n) is 1.69. The number of thioether (sulfide) groups is 1. The van der Waals surface area contributed by atoms with E-state index in [9.17, 15) is 4.79 Å². The lowest BCUT2D eigenvalue weighted by Crippen LogP contribution is -2.36. The zero-order valence-electron chi connectivity index (χ0n) is 8.85. The minimum absolute atomic E-state index is 0.157. The Hall–Kier alpha value is -0.810. The smallest absolute Gasteiger partial charge is 0.237 e. The number of thiol groups is 1. The summed E-state index contributed by atoms with van der Waals surface area (Å²) in [4.78, 5) is 14.8. The van der Waals surface area contributed by atoms with Crippen LogP contribution in [0.4, 0.5) is 11.4 Å². The first kappa shape index (κ1) is 11.7. The van der Waals surface area contributed by atoms with Crippen molar-refractivity contribution in [3.8, 4) is 0 Å². The van der Waals surface area contributed by atoms with Crippen molar-refractivity contribution in [2.45, 2.75) is 11.3 Å². The summed E-state index contributed by atoms with van der Waals surface area (Å²) in [6.45, 7) is 0.722. The fraction of sp³-hybridized carbons (Fsp3) is 0.364. The zero-order valence-corrected chi connectivity index (χ0v) is 10.6. The molecule has 0 spiro atoms. The minimum atomic E-state index is 0.157. The van der Waals surface area contributed by atoms with E-state index >= 15 is 0 Å². The van der Waals surface area contributed by atoms with Gasteiger partial charge >= 0.3 is 0 Å². The third-order valence-electron chi connectivity index (χ3n) is 2.47. The van der Waals surface area contributed by atoms with Crippen molar-refractivity contribution < 1.29 is 4.79 Å². The Balaban J connectivity index is 2.31. The molecule has 0 radical (unpaired) electrons. The first-order valence-corrected chi connectivity index (χ1v) is 6.77. The predicted octanol–water partition coefficient (Wildman–Crippen LogP) is 2.03. The number of carbonyl (C=O) groups is 1. The summed E-state index contributed by atoms with van der Waals surface area (Å²) in [6.07, 6.45) is 0.897. The number of fused-ring (bicyclic) bond motifs is 1. The van der Waals surface area contributed by atoms with E-state index in [1.165, 1.54) is 0 Å². The van der Waals surface area contributed by atoms with Gasteiger partial charge in [0.2, 0.25) is 5.91 Å². The van der Waals surface area contributed by atoms with Gasteiger partial charge in [0.1, 0.15) is 0 Å². The van der Waals surface area contributed by atoms with Crippen LogP contribution in [0.15, 0.2) is 23.1 Å². The lowest BCUT2D eigenvalue weighted by Gasteiger charge is -2.29. The highest BCUT2D eigenvalue weighted by atomic mass is 32.2. The predicted molar refractivity (Wildman–Crippen MR) is 72.4 cm³/mol. The molecule has 0 atom stereocenters. The molecule has 0 fully saturated rings. The van der Waals surface area contributed by atoms with Crippen LogP contribution in [-0.2, 0) is 4.79 Å². The van der Waals surface area contributed by atoms with E-state index in [0.29, 0.717) is 11.4 Å². The molecule has 1 aliphatic rings. The molecule has 2 rings (SSSR count). The normalized spacial score (nSPS) is 15.1. The topological polar surface area (TPSA) is 46.3 Å². The number of hydrogen-bond donors (Lipinski definition) is 2. The molecule has 1 amide bonds. The van der Waals surface area contributed by atoms with Gasteiger partial charge in [-0.05, 0) is 30.4 Å². The van der Waals surface area contributed by atoms with E-state index in [2.05, 4.69) is 12.6 Å². The zero-order chi connectivity index (χ0) is 11.5. The molecular formula is C11H14N2OS2. The van der Waals surface area contributed by atoms with Gasteiger partial charge in [-0.3, -0.25) is 4.79 Å². The van der Waals surface area contributed by atoms with E-state index in [0.717, 1.165) is 29.3 Å². The van der Waals surface area contributed by atoms with Crippen LogP contribution >= 0.6 is 24.4 Å². The third kappa shape index (κ3) is 2.30. The molecule has 0 aromatic heterocycles. The first-order valence-electron chi connectivity index (χ1n) is 5.16. The molecule has 0 aliphatic carbocycles. The highest BCUT2D eigenvalue weighted by Crippen LogP contribution is 2.36.